The van der Waals surface area contributed by atoms with Crippen molar-refractivity contribution < 1.29 is 14.6 Å². The Morgan fingerprint density at radius 1 is 1.41 bits per heavy atom. The maximum Gasteiger partial charge on any atom is 0.358 e. The van der Waals surface area contributed by atoms with Crippen molar-refractivity contribution in [3.8, 4) is 11.4 Å². The van der Waals surface area contributed by atoms with Crippen LogP contribution in [0.25, 0.3) is 5.69 Å². The predicted octanol–water partition coefficient (Wildman–Crippen LogP) is 1.97. The molecule has 0 unspecified atom stereocenters. The Morgan fingerprint density at radius 3 is 2.71 bits per heavy atom. The first kappa shape index (κ1) is 11.2. The number of hydrogen-bond acceptors (Lipinski definition) is 3. The zero-order valence-electron chi connectivity index (χ0n) is 9.33. The molecule has 0 atom stereocenters. The molecule has 0 saturated carbocycles. The molecule has 0 saturated heterocycles. The molecule has 0 aliphatic carbocycles. The second kappa shape index (κ2) is 4.69. The van der Waals surface area contributed by atoms with Crippen LogP contribution in [0.4, 0.5) is 0 Å². The van der Waals surface area contributed by atoms with Crippen molar-refractivity contribution in [1.29, 1.82) is 0 Å². The predicted molar refractivity (Wildman–Crippen MR) is 61.7 cm³/mol. The monoisotopic (exact) mass is 232 g/mol. The molecule has 0 fully saturated rings. The molecule has 5 heteroatoms. The maximum atomic E-state index is 11.2. The van der Waals surface area contributed by atoms with E-state index in [1.807, 2.05) is 18.2 Å². The fourth-order valence-electron chi connectivity index (χ4n) is 1.56. The number of carboxylic acids is 1. The molecule has 2 aromatic rings. The summed E-state index contributed by atoms with van der Waals surface area (Å²) < 4.78 is 6.59. The lowest BCUT2D eigenvalue weighted by Gasteiger charge is -2.05. The molecule has 1 N–H and O–H groups in total. The first-order valence-electron chi connectivity index (χ1n) is 5.23. The van der Waals surface area contributed by atoms with Crippen molar-refractivity contribution in [2.24, 2.45) is 0 Å². The van der Waals surface area contributed by atoms with Gasteiger partial charge in [-0.3, -0.25) is 0 Å². The summed E-state index contributed by atoms with van der Waals surface area (Å²) >= 11 is 0. The number of rotatable bonds is 4. The van der Waals surface area contributed by atoms with Gasteiger partial charge in [0.15, 0.2) is 11.4 Å². The zero-order chi connectivity index (χ0) is 12.3. The van der Waals surface area contributed by atoms with Crippen LogP contribution < -0.4 is 4.74 Å². The molecule has 0 aliphatic heterocycles. The van der Waals surface area contributed by atoms with Gasteiger partial charge in [-0.1, -0.05) is 18.2 Å². The molecule has 0 radical (unpaired) electrons. The molecule has 0 spiro atoms. The second-order valence-corrected chi connectivity index (χ2v) is 3.34. The third kappa shape index (κ3) is 2.13. The Hall–Kier alpha value is -2.30. The van der Waals surface area contributed by atoms with Gasteiger partial charge < -0.3 is 9.84 Å². The van der Waals surface area contributed by atoms with E-state index in [1.165, 1.54) is 10.9 Å². The van der Waals surface area contributed by atoms with Crippen LogP contribution >= 0.6 is 0 Å². The highest BCUT2D eigenvalue weighted by atomic mass is 16.5. The summed E-state index contributed by atoms with van der Waals surface area (Å²) in [5.41, 5.74) is 0.730. The Morgan fingerprint density at radius 2 is 2.12 bits per heavy atom. The lowest BCUT2D eigenvalue weighted by Crippen LogP contribution is -2.09. The highest BCUT2D eigenvalue weighted by Gasteiger charge is 2.19. The highest BCUT2D eigenvalue weighted by Crippen LogP contribution is 2.21. The highest BCUT2D eigenvalue weighted by molar-refractivity contribution is 5.89. The molecular formula is C12H12N2O3. The number of carboxylic acid groups (broad SMARTS) is 1. The quantitative estimate of drug-likeness (QED) is 0.875. The molecule has 1 heterocycles. The van der Waals surface area contributed by atoms with Crippen LogP contribution in [-0.2, 0) is 0 Å². The number of aromatic nitrogens is 2. The Kier molecular flexibility index (Phi) is 3.09. The summed E-state index contributed by atoms with van der Waals surface area (Å²) in [5, 5.41) is 13.2. The second-order valence-electron chi connectivity index (χ2n) is 3.34. The summed E-state index contributed by atoms with van der Waals surface area (Å²) in [6, 6.07) is 9.08. The number of carbonyl (C=O) groups is 1. The molecular weight excluding hydrogens is 220 g/mol. The number of nitrogens with zero attached hydrogens (tertiary/aromatic N) is 2. The minimum absolute atomic E-state index is 0.0399. The van der Waals surface area contributed by atoms with Crippen LogP contribution in [0.1, 0.15) is 17.4 Å². The number of ether oxygens (including phenoxy) is 1. The molecule has 17 heavy (non-hydrogen) atoms. The Balaban J connectivity index is 2.52. The van der Waals surface area contributed by atoms with Crippen LogP contribution in [0, 0.1) is 0 Å². The van der Waals surface area contributed by atoms with Crippen molar-refractivity contribution >= 4 is 5.97 Å². The molecule has 88 valence electrons. The van der Waals surface area contributed by atoms with Gasteiger partial charge in [0, 0.05) is 0 Å². The van der Waals surface area contributed by atoms with E-state index in [4.69, 9.17) is 4.74 Å². The van der Waals surface area contributed by atoms with E-state index in [0.29, 0.717) is 12.3 Å². The van der Waals surface area contributed by atoms with Crippen LogP contribution in [0.15, 0.2) is 36.5 Å². The summed E-state index contributed by atoms with van der Waals surface area (Å²) in [7, 11) is 0. The van der Waals surface area contributed by atoms with Gasteiger partial charge in [-0.15, -0.1) is 0 Å². The smallest absolute Gasteiger partial charge is 0.358 e. The van der Waals surface area contributed by atoms with Crippen molar-refractivity contribution in [2.45, 2.75) is 6.92 Å². The molecule has 0 bridgehead atoms. The average Bonchev–Trinajstić information content (AvgIpc) is 2.74. The first-order valence-corrected chi connectivity index (χ1v) is 5.23. The van der Waals surface area contributed by atoms with E-state index < -0.39 is 5.97 Å². The molecule has 5 nitrogen and oxygen atoms in total. The van der Waals surface area contributed by atoms with Crippen LogP contribution in [0.2, 0.25) is 0 Å². The van der Waals surface area contributed by atoms with Gasteiger partial charge in [-0.05, 0) is 19.1 Å². The van der Waals surface area contributed by atoms with Gasteiger partial charge in [0.2, 0.25) is 0 Å². The number of para-hydroxylation sites is 1. The van der Waals surface area contributed by atoms with Gasteiger partial charge >= 0.3 is 5.97 Å². The minimum atomic E-state index is -1.06. The number of aromatic carboxylic acids is 1. The van der Waals surface area contributed by atoms with Crippen LogP contribution in [0.5, 0.6) is 5.75 Å². The summed E-state index contributed by atoms with van der Waals surface area (Å²) in [6.45, 7) is 2.20. The van der Waals surface area contributed by atoms with Crippen LogP contribution in [-0.4, -0.2) is 27.5 Å². The fraction of sp³-hybridized carbons (Fsp3) is 0.167. The topological polar surface area (TPSA) is 64.4 Å². The number of benzene rings is 1. The average molecular weight is 232 g/mol. The van der Waals surface area contributed by atoms with E-state index in [0.717, 1.165) is 0 Å². The van der Waals surface area contributed by atoms with Gasteiger partial charge in [0.1, 0.15) is 0 Å². The minimum Gasteiger partial charge on any atom is -0.490 e. The SMILES string of the molecule is CCOc1cnn(-c2ccccc2)c1C(=O)O. The Bertz CT molecular complexity index is 520. The maximum absolute atomic E-state index is 11.2. The van der Waals surface area contributed by atoms with E-state index in [2.05, 4.69) is 5.10 Å². The summed E-state index contributed by atoms with van der Waals surface area (Å²) in [4.78, 5) is 11.2. The van der Waals surface area contributed by atoms with Crippen molar-refractivity contribution in [3.63, 3.8) is 0 Å². The van der Waals surface area contributed by atoms with Gasteiger partial charge in [0.25, 0.3) is 0 Å². The number of hydrogen-bond donors (Lipinski definition) is 1. The van der Waals surface area contributed by atoms with Crippen molar-refractivity contribution in [1.82, 2.24) is 9.78 Å². The first-order chi connectivity index (χ1) is 8.24. The lowest BCUT2D eigenvalue weighted by atomic mass is 10.3. The molecule has 0 amide bonds. The van der Waals surface area contributed by atoms with Crippen LogP contribution in [0.3, 0.4) is 0 Å². The normalized spacial score (nSPS) is 10.2. The van der Waals surface area contributed by atoms with E-state index >= 15 is 0 Å². The zero-order valence-corrected chi connectivity index (χ0v) is 9.33. The fourth-order valence-corrected chi connectivity index (χ4v) is 1.56. The summed E-state index contributed by atoms with van der Waals surface area (Å²) in [5.74, 6) is -0.779. The standard InChI is InChI=1S/C12H12N2O3/c1-2-17-10-8-13-14(11(10)12(15)16)9-6-4-3-5-7-9/h3-8H,2H2,1H3,(H,15,16). The van der Waals surface area contributed by atoms with E-state index in [-0.39, 0.29) is 11.4 Å². The van der Waals surface area contributed by atoms with Gasteiger partial charge in [0.05, 0.1) is 18.5 Å². The largest absolute Gasteiger partial charge is 0.490 e. The molecule has 1 aromatic carbocycles. The van der Waals surface area contributed by atoms with E-state index in [1.54, 1.807) is 19.1 Å². The summed E-state index contributed by atoms with van der Waals surface area (Å²) in [6.07, 6.45) is 1.42. The third-order valence-electron chi connectivity index (χ3n) is 2.24. The van der Waals surface area contributed by atoms with E-state index in [9.17, 15) is 9.90 Å². The van der Waals surface area contributed by atoms with Gasteiger partial charge in [-0.25, -0.2) is 9.48 Å². The lowest BCUT2D eigenvalue weighted by molar-refractivity contribution is 0.0682. The Labute approximate surface area is 98.3 Å². The van der Waals surface area contributed by atoms with Crippen molar-refractivity contribution in [3.05, 3.63) is 42.2 Å². The molecule has 1 aromatic heterocycles. The molecule has 0 aliphatic rings. The van der Waals surface area contributed by atoms with Crippen molar-refractivity contribution in [2.75, 3.05) is 6.61 Å². The van der Waals surface area contributed by atoms with Gasteiger partial charge in [-0.2, -0.15) is 5.10 Å². The third-order valence-corrected chi connectivity index (χ3v) is 2.24. The molecule has 2 rings (SSSR count).